The van der Waals surface area contributed by atoms with E-state index in [4.69, 9.17) is 14.2 Å². The summed E-state index contributed by atoms with van der Waals surface area (Å²) in [7, 11) is 1.53. The van der Waals surface area contributed by atoms with Crippen LogP contribution in [-0.4, -0.2) is 82.0 Å². The second kappa shape index (κ2) is 13.0. The van der Waals surface area contributed by atoms with E-state index in [1.807, 2.05) is 19.1 Å². The van der Waals surface area contributed by atoms with Crippen molar-refractivity contribution < 1.29 is 33.3 Å². The van der Waals surface area contributed by atoms with Crippen LogP contribution in [0.25, 0.3) is 31.8 Å². The summed E-state index contributed by atoms with van der Waals surface area (Å²) in [6.07, 6.45) is 2.91. The van der Waals surface area contributed by atoms with Crippen molar-refractivity contribution in [1.29, 1.82) is 0 Å². The summed E-state index contributed by atoms with van der Waals surface area (Å²) in [6, 6.07) is 9.82. The maximum atomic E-state index is 14.9. The molecule has 1 aliphatic heterocycles. The van der Waals surface area contributed by atoms with Crippen LogP contribution in [0.2, 0.25) is 0 Å². The molecule has 6 rings (SSSR count). The van der Waals surface area contributed by atoms with E-state index in [-0.39, 0.29) is 43.1 Å². The zero-order chi connectivity index (χ0) is 31.5. The van der Waals surface area contributed by atoms with Crippen LogP contribution in [0.1, 0.15) is 22.5 Å². The number of ether oxygens (including phenoxy) is 3. The molecule has 0 bridgehead atoms. The van der Waals surface area contributed by atoms with E-state index in [1.54, 1.807) is 23.2 Å². The normalized spacial score (nSPS) is 14.6. The lowest BCUT2D eigenvalue weighted by atomic mass is 10.1. The van der Waals surface area contributed by atoms with E-state index >= 15 is 0 Å². The number of aromatic nitrogens is 4. The first-order chi connectivity index (χ1) is 21.8. The van der Waals surface area contributed by atoms with Gasteiger partial charge in [0.25, 0.3) is 5.91 Å². The Morgan fingerprint density at radius 3 is 2.73 bits per heavy atom. The van der Waals surface area contributed by atoms with Crippen molar-refractivity contribution in [3.8, 4) is 22.2 Å². The van der Waals surface area contributed by atoms with E-state index in [0.717, 1.165) is 17.5 Å². The fourth-order valence-electron chi connectivity index (χ4n) is 5.03. The number of hydrogen-bond donors (Lipinski definition) is 2. The van der Waals surface area contributed by atoms with Gasteiger partial charge in [0.2, 0.25) is 5.88 Å². The van der Waals surface area contributed by atoms with E-state index in [0.29, 0.717) is 50.9 Å². The van der Waals surface area contributed by atoms with Crippen LogP contribution < -0.4 is 14.8 Å². The van der Waals surface area contributed by atoms with Gasteiger partial charge in [0.1, 0.15) is 23.9 Å². The maximum absolute atomic E-state index is 14.9. The van der Waals surface area contributed by atoms with Crippen LogP contribution in [0, 0.1) is 18.7 Å². The number of anilines is 1. The number of thiazole rings is 1. The van der Waals surface area contributed by atoms with Crippen molar-refractivity contribution in [3.63, 3.8) is 0 Å². The van der Waals surface area contributed by atoms with E-state index in [1.165, 1.54) is 36.8 Å². The van der Waals surface area contributed by atoms with Crippen molar-refractivity contribution in [1.82, 2.24) is 24.8 Å². The fourth-order valence-corrected chi connectivity index (χ4v) is 6.02. The Morgan fingerprint density at radius 2 is 1.98 bits per heavy atom. The molecule has 2 aromatic carbocycles. The molecule has 5 aromatic rings. The first-order valence-electron chi connectivity index (χ1n) is 14.2. The van der Waals surface area contributed by atoms with Crippen molar-refractivity contribution >= 4 is 50.3 Å². The van der Waals surface area contributed by atoms with Crippen molar-refractivity contribution in [2.24, 2.45) is 5.92 Å². The summed E-state index contributed by atoms with van der Waals surface area (Å²) in [4.78, 5) is 44.2. The summed E-state index contributed by atoms with van der Waals surface area (Å²) in [5.41, 5.74) is 4.14. The molecule has 0 aliphatic carbocycles. The van der Waals surface area contributed by atoms with Gasteiger partial charge in [-0.05, 0) is 43.2 Å². The number of pyridine rings is 1. The molecule has 14 heteroatoms. The fraction of sp³-hybridized carbons (Fsp3) is 0.290. The number of amides is 2. The lowest BCUT2D eigenvalue weighted by Crippen LogP contribution is -2.29. The molecule has 3 aromatic heterocycles. The third-order valence-electron chi connectivity index (χ3n) is 7.28. The molecule has 1 saturated heterocycles. The molecule has 1 fully saturated rings. The maximum Gasteiger partial charge on any atom is 0.411 e. The standard InChI is InChI=1S/C31H29FN6O6S/c1-17-9-20(28-24(10-17)36-27(42-2)14-34-28)29-37-23-11-21(32)25(12-26(23)45-29)43-7-8-44-31(41)35-19-3-4-22(33-13-19)30(40)38-6-5-18(15-38)16-39/h3-4,9-14,18,39H,5-8,15-16H2,1-2H3,(H,35,41). The number of aliphatic hydroxyl groups excluding tert-OH is 1. The summed E-state index contributed by atoms with van der Waals surface area (Å²) >= 11 is 1.37. The van der Waals surface area contributed by atoms with E-state index in [2.05, 4.69) is 25.3 Å². The number of hydrogen-bond acceptors (Lipinski definition) is 11. The third kappa shape index (κ3) is 6.61. The molecular formula is C31H29FN6O6S. The van der Waals surface area contributed by atoms with Crippen molar-refractivity contribution in [3.05, 3.63) is 65.9 Å². The number of carbonyl (C=O) groups is 2. The molecule has 45 heavy (non-hydrogen) atoms. The van der Waals surface area contributed by atoms with Gasteiger partial charge in [0, 0.05) is 43.3 Å². The third-order valence-corrected chi connectivity index (χ3v) is 8.34. The molecule has 4 heterocycles. The SMILES string of the molecule is COc1cnc2c(-c3nc4cc(F)c(OCCOC(=O)Nc5ccc(C(=O)N6CCC(CO)C6)nc5)cc4s3)cc(C)cc2n1. The summed E-state index contributed by atoms with van der Waals surface area (Å²) < 4.78 is 31.5. The second-order valence-corrected chi connectivity index (χ2v) is 11.5. The molecule has 1 aliphatic rings. The minimum Gasteiger partial charge on any atom is -0.487 e. The predicted molar refractivity (Wildman–Crippen MR) is 165 cm³/mol. The lowest BCUT2D eigenvalue weighted by molar-refractivity contribution is 0.0776. The van der Waals surface area contributed by atoms with Gasteiger partial charge in [-0.1, -0.05) is 0 Å². The Morgan fingerprint density at radius 1 is 1.11 bits per heavy atom. The smallest absolute Gasteiger partial charge is 0.411 e. The molecule has 0 saturated carbocycles. The van der Waals surface area contributed by atoms with Crippen LogP contribution in [0.15, 0.2) is 48.8 Å². The van der Waals surface area contributed by atoms with Gasteiger partial charge in [-0.25, -0.2) is 29.1 Å². The number of benzene rings is 2. The number of methoxy groups -OCH3 is 1. The Bertz CT molecular complexity index is 1880. The molecule has 0 spiro atoms. The summed E-state index contributed by atoms with van der Waals surface area (Å²) in [6.45, 7) is 2.83. The Balaban J connectivity index is 1.04. The largest absolute Gasteiger partial charge is 0.487 e. The molecule has 1 atom stereocenters. The van der Waals surface area contributed by atoms with Crippen LogP contribution in [-0.2, 0) is 4.74 Å². The van der Waals surface area contributed by atoms with Gasteiger partial charge in [-0.2, -0.15) is 0 Å². The van der Waals surface area contributed by atoms with Crippen molar-refractivity contribution in [2.45, 2.75) is 13.3 Å². The highest BCUT2D eigenvalue weighted by Crippen LogP contribution is 2.37. The van der Waals surface area contributed by atoms with Gasteiger partial charge in [0.05, 0.1) is 46.4 Å². The molecule has 232 valence electrons. The number of carbonyl (C=O) groups excluding carboxylic acids is 2. The van der Waals surface area contributed by atoms with Gasteiger partial charge in [-0.3, -0.25) is 10.1 Å². The molecule has 12 nitrogen and oxygen atoms in total. The Labute approximate surface area is 260 Å². The van der Waals surface area contributed by atoms with Crippen LogP contribution in [0.4, 0.5) is 14.9 Å². The van der Waals surface area contributed by atoms with Gasteiger partial charge in [0.15, 0.2) is 11.6 Å². The molecule has 2 N–H and O–H groups in total. The Hall–Kier alpha value is -4.95. The number of aliphatic hydroxyl groups is 1. The highest BCUT2D eigenvalue weighted by molar-refractivity contribution is 7.21. The first-order valence-corrected chi connectivity index (χ1v) is 15.0. The topological polar surface area (TPSA) is 149 Å². The second-order valence-electron chi connectivity index (χ2n) is 10.5. The minimum atomic E-state index is -0.751. The van der Waals surface area contributed by atoms with Crippen LogP contribution in [0.3, 0.4) is 0 Å². The predicted octanol–water partition coefficient (Wildman–Crippen LogP) is 4.84. The molecule has 0 radical (unpaired) electrons. The summed E-state index contributed by atoms with van der Waals surface area (Å²) in [5, 5.41) is 12.5. The number of nitrogens with zero attached hydrogens (tertiary/aromatic N) is 5. The van der Waals surface area contributed by atoms with Crippen LogP contribution >= 0.6 is 11.3 Å². The lowest BCUT2D eigenvalue weighted by Gasteiger charge is -2.15. The zero-order valence-corrected chi connectivity index (χ0v) is 25.3. The first kappa shape index (κ1) is 30.1. The number of nitrogens with one attached hydrogen (secondary N) is 1. The van der Waals surface area contributed by atoms with E-state index < -0.39 is 11.9 Å². The zero-order valence-electron chi connectivity index (χ0n) is 24.4. The number of fused-ring (bicyclic) bond motifs is 2. The number of rotatable bonds is 9. The van der Waals surface area contributed by atoms with Crippen molar-refractivity contribution in [2.75, 3.05) is 45.3 Å². The monoisotopic (exact) mass is 632 g/mol. The molecule has 1 unspecified atom stereocenters. The van der Waals surface area contributed by atoms with Crippen LogP contribution in [0.5, 0.6) is 11.6 Å². The highest BCUT2D eigenvalue weighted by Gasteiger charge is 2.27. The van der Waals surface area contributed by atoms with Gasteiger partial charge >= 0.3 is 6.09 Å². The number of likely N-dealkylation sites (tertiary alicyclic amines) is 1. The highest BCUT2D eigenvalue weighted by atomic mass is 32.1. The van der Waals surface area contributed by atoms with Gasteiger partial charge in [-0.15, -0.1) is 11.3 Å². The number of aryl methyl sites for hydroxylation is 1. The van der Waals surface area contributed by atoms with Gasteiger partial charge < -0.3 is 24.2 Å². The average Bonchev–Trinajstić information content (AvgIpc) is 3.69. The van der Waals surface area contributed by atoms with E-state index in [9.17, 15) is 19.1 Å². The Kier molecular flexibility index (Phi) is 8.67. The quantitative estimate of drug-likeness (QED) is 0.216. The minimum absolute atomic E-state index is 0.00750. The molecule has 2 amide bonds. The summed E-state index contributed by atoms with van der Waals surface area (Å²) in [5.74, 6) is -0.322. The number of halogens is 1. The average molecular weight is 633 g/mol. The molecular weight excluding hydrogens is 603 g/mol.